The molecule has 0 aliphatic heterocycles. The van der Waals surface area contributed by atoms with Gasteiger partial charge in [0.1, 0.15) is 0 Å². The van der Waals surface area contributed by atoms with Crippen molar-refractivity contribution in [2.75, 3.05) is 13.1 Å². The van der Waals surface area contributed by atoms with E-state index in [1.807, 2.05) is 25.7 Å². The van der Waals surface area contributed by atoms with Crippen LogP contribution in [0.2, 0.25) is 0 Å². The zero-order valence-corrected chi connectivity index (χ0v) is 9.04. The van der Waals surface area contributed by atoms with Crippen molar-refractivity contribution in [3.05, 3.63) is 0 Å². The number of hydrogen-bond acceptors (Lipinski definition) is 3. The summed E-state index contributed by atoms with van der Waals surface area (Å²) in [6.45, 7) is 8.76. The smallest absolute Gasteiger partial charge is 0.0869 e. The van der Waals surface area contributed by atoms with Gasteiger partial charge in [0.25, 0.3) is 0 Å². The fourth-order valence-electron chi connectivity index (χ4n) is 1.06. The van der Waals surface area contributed by atoms with Crippen LogP contribution >= 0.6 is 0 Å². The monoisotopic (exact) mass is 184 g/mol. The summed E-state index contributed by atoms with van der Waals surface area (Å²) in [6, 6.07) is 2.41. The van der Waals surface area contributed by atoms with Crippen LogP contribution in [0, 0.1) is 11.3 Å². The predicted molar refractivity (Wildman–Crippen MR) is 53.2 cm³/mol. The standard InChI is InChI=1S/C10H20N2O/c1-5-10(4,13)8-12(7-6-11)9(2)3/h9,13H,5,7-8H2,1-4H3. The molecule has 1 unspecified atom stereocenters. The lowest BCUT2D eigenvalue weighted by molar-refractivity contribution is 0.0116. The van der Waals surface area contributed by atoms with E-state index in [0.29, 0.717) is 25.6 Å². The number of nitriles is 1. The van der Waals surface area contributed by atoms with E-state index >= 15 is 0 Å². The Morgan fingerprint density at radius 1 is 1.54 bits per heavy atom. The zero-order valence-electron chi connectivity index (χ0n) is 9.04. The predicted octanol–water partition coefficient (Wildman–Crippen LogP) is 1.38. The first kappa shape index (κ1) is 12.4. The molecule has 0 saturated carbocycles. The first-order chi connectivity index (χ1) is 5.93. The van der Waals surface area contributed by atoms with E-state index in [4.69, 9.17) is 5.26 Å². The minimum absolute atomic E-state index is 0.303. The summed E-state index contributed by atoms with van der Waals surface area (Å²) in [7, 11) is 0. The second-order valence-corrected chi connectivity index (χ2v) is 4.01. The molecule has 3 nitrogen and oxygen atoms in total. The Hall–Kier alpha value is -0.590. The van der Waals surface area contributed by atoms with Crippen LogP contribution < -0.4 is 0 Å². The first-order valence-electron chi connectivity index (χ1n) is 4.76. The van der Waals surface area contributed by atoms with Crippen LogP contribution in [0.3, 0.4) is 0 Å². The molecule has 0 radical (unpaired) electrons. The summed E-state index contributed by atoms with van der Waals surface area (Å²) < 4.78 is 0. The van der Waals surface area contributed by atoms with Crippen LogP contribution in [0.5, 0.6) is 0 Å². The molecular weight excluding hydrogens is 164 g/mol. The van der Waals surface area contributed by atoms with Crippen molar-refractivity contribution in [3.8, 4) is 6.07 Å². The van der Waals surface area contributed by atoms with Crippen LogP contribution in [-0.2, 0) is 0 Å². The molecule has 76 valence electrons. The number of nitrogens with zero attached hydrogens (tertiary/aromatic N) is 2. The molecule has 0 saturated heterocycles. The summed E-state index contributed by atoms with van der Waals surface area (Å²) in [6.07, 6.45) is 0.710. The van der Waals surface area contributed by atoms with Gasteiger partial charge in [0.05, 0.1) is 18.2 Å². The molecule has 1 N–H and O–H groups in total. The first-order valence-corrected chi connectivity index (χ1v) is 4.76. The maximum atomic E-state index is 9.82. The quantitative estimate of drug-likeness (QED) is 0.657. The van der Waals surface area contributed by atoms with Crippen molar-refractivity contribution in [3.63, 3.8) is 0 Å². The molecule has 0 amide bonds. The van der Waals surface area contributed by atoms with Crippen LogP contribution in [-0.4, -0.2) is 34.7 Å². The van der Waals surface area contributed by atoms with Gasteiger partial charge in [0, 0.05) is 12.6 Å². The van der Waals surface area contributed by atoms with Gasteiger partial charge in [-0.15, -0.1) is 0 Å². The molecule has 0 aromatic rings. The van der Waals surface area contributed by atoms with Crippen LogP contribution in [0.1, 0.15) is 34.1 Å². The van der Waals surface area contributed by atoms with Gasteiger partial charge in [-0.05, 0) is 27.2 Å². The Labute approximate surface area is 81.0 Å². The van der Waals surface area contributed by atoms with Crippen molar-refractivity contribution in [2.45, 2.75) is 45.8 Å². The highest BCUT2D eigenvalue weighted by Crippen LogP contribution is 2.12. The van der Waals surface area contributed by atoms with Gasteiger partial charge in [-0.25, -0.2) is 0 Å². The van der Waals surface area contributed by atoms with E-state index in [9.17, 15) is 5.11 Å². The summed E-state index contributed by atoms with van der Waals surface area (Å²) in [5, 5.41) is 18.4. The normalized spacial score (nSPS) is 15.8. The maximum Gasteiger partial charge on any atom is 0.0869 e. The lowest BCUT2D eigenvalue weighted by Crippen LogP contribution is -2.43. The maximum absolute atomic E-state index is 9.82. The molecule has 3 heteroatoms. The Bertz CT molecular complexity index is 182. The Morgan fingerprint density at radius 3 is 2.38 bits per heavy atom. The molecule has 13 heavy (non-hydrogen) atoms. The summed E-state index contributed by atoms with van der Waals surface area (Å²) in [4.78, 5) is 1.98. The van der Waals surface area contributed by atoms with Crippen molar-refractivity contribution in [1.29, 1.82) is 5.26 Å². The molecule has 0 aromatic heterocycles. The van der Waals surface area contributed by atoms with E-state index in [-0.39, 0.29) is 0 Å². The average molecular weight is 184 g/mol. The third-order valence-electron chi connectivity index (χ3n) is 2.31. The Kier molecular flexibility index (Phi) is 4.97. The zero-order chi connectivity index (χ0) is 10.5. The van der Waals surface area contributed by atoms with Crippen molar-refractivity contribution >= 4 is 0 Å². The topological polar surface area (TPSA) is 47.3 Å². The lowest BCUT2D eigenvalue weighted by Gasteiger charge is -2.31. The Morgan fingerprint density at radius 2 is 2.08 bits per heavy atom. The largest absolute Gasteiger partial charge is 0.389 e. The summed E-state index contributed by atoms with van der Waals surface area (Å²) >= 11 is 0. The minimum Gasteiger partial charge on any atom is -0.389 e. The van der Waals surface area contributed by atoms with Gasteiger partial charge < -0.3 is 5.11 Å². The summed E-state index contributed by atoms with van der Waals surface area (Å²) in [5.41, 5.74) is -0.679. The molecule has 0 aromatic carbocycles. The van der Waals surface area contributed by atoms with Gasteiger partial charge in [-0.2, -0.15) is 5.26 Å². The third-order valence-corrected chi connectivity index (χ3v) is 2.31. The van der Waals surface area contributed by atoms with Crippen LogP contribution in [0.4, 0.5) is 0 Å². The van der Waals surface area contributed by atoms with Gasteiger partial charge >= 0.3 is 0 Å². The second kappa shape index (κ2) is 5.21. The Balaban J connectivity index is 4.18. The van der Waals surface area contributed by atoms with Crippen molar-refractivity contribution in [1.82, 2.24) is 4.90 Å². The number of rotatable bonds is 5. The molecule has 0 aliphatic carbocycles. The van der Waals surface area contributed by atoms with Gasteiger partial charge in [0.2, 0.25) is 0 Å². The fourth-order valence-corrected chi connectivity index (χ4v) is 1.06. The van der Waals surface area contributed by atoms with E-state index in [2.05, 4.69) is 6.07 Å². The van der Waals surface area contributed by atoms with E-state index in [0.717, 1.165) is 0 Å². The van der Waals surface area contributed by atoms with Gasteiger partial charge in [-0.1, -0.05) is 6.92 Å². The highest BCUT2D eigenvalue weighted by molar-refractivity contribution is 4.84. The average Bonchev–Trinajstić information content (AvgIpc) is 2.03. The van der Waals surface area contributed by atoms with Crippen LogP contribution in [0.15, 0.2) is 0 Å². The molecular formula is C10H20N2O. The minimum atomic E-state index is -0.679. The summed E-state index contributed by atoms with van der Waals surface area (Å²) in [5.74, 6) is 0. The van der Waals surface area contributed by atoms with Gasteiger partial charge in [0.15, 0.2) is 0 Å². The van der Waals surface area contributed by atoms with E-state index in [1.54, 1.807) is 6.92 Å². The molecule has 0 bridgehead atoms. The van der Waals surface area contributed by atoms with Crippen molar-refractivity contribution < 1.29 is 5.11 Å². The second-order valence-electron chi connectivity index (χ2n) is 4.01. The highest BCUT2D eigenvalue weighted by atomic mass is 16.3. The molecule has 0 aliphatic rings. The molecule has 0 heterocycles. The van der Waals surface area contributed by atoms with E-state index < -0.39 is 5.60 Å². The third kappa shape index (κ3) is 4.87. The highest BCUT2D eigenvalue weighted by Gasteiger charge is 2.22. The van der Waals surface area contributed by atoms with Gasteiger partial charge in [-0.3, -0.25) is 4.90 Å². The number of aliphatic hydroxyl groups is 1. The van der Waals surface area contributed by atoms with E-state index in [1.165, 1.54) is 0 Å². The molecule has 1 atom stereocenters. The fraction of sp³-hybridized carbons (Fsp3) is 0.900. The lowest BCUT2D eigenvalue weighted by atomic mass is 10.0. The number of hydrogen-bond donors (Lipinski definition) is 1. The van der Waals surface area contributed by atoms with Crippen molar-refractivity contribution in [2.24, 2.45) is 0 Å². The SMILES string of the molecule is CCC(C)(O)CN(CC#N)C(C)C. The molecule has 0 rings (SSSR count). The molecule has 0 fully saturated rings. The van der Waals surface area contributed by atoms with Crippen LogP contribution in [0.25, 0.3) is 0 Å². The molecule has 0 spiro atoms.